The maximum atomic E-state index is 11.7. The van der Waals surface area contributed by atoms with Gasteiger partial charge in [0.1, 0.15) is 11.5 Å². The number of benzene rings is 1. The first-order chi connectivity index (χ1) is 7.15. The molecule has 0 amide bonds. The van der Waals surface area contributed by atoms with Crippen LogP contribution in [0.1, 0.15) is 30.1 Å². The van der Waals surface area contributed by atoms with Gasteiger partial charge < -0.3 is 9.53 Å². The van der Waals surface area contributed by atoms with E-state index in [-0.39, 0.29) is 24.4 Å². The summed E-state index contributed by atoms with van der Waals surface area (Å²) >= 11 is 0. The van der Waals surface area contributed by atoms with E-state index in [0.717, 1.165) is 0 Å². The average molecular weight is 206 g/mol. The molecule has 0 aliphatic carbocycles. The molecule has 0 unspecified atom stereocenters. The lowest BCUT2D eigenvalue weighted by Gasteiger charge is -2.06. The fourth-order valence-electron chi connectivity index (χ4n) is 1.30. The van der Waals surface area contributed by atoms with Crippen LogP contribution >= 0.6 is 0 Å². The van der Waals surface area contributed by atoms with E-state index in [2.05, 4.69) is 0 Å². The van der Waals surface area contributed by atoms with Crippen LogP contribution in [-0.2, 0) is 4.79 Å². The van der Waals surface area contributed by atoms with Crippen molar-refractivity contribution in [2.45, 2.75) is 19.8 Å². The van der Waals surface area contributed by atoms with E-state index < -0.39 is 0 Å². The fraction of sp³-hybridized carbons (Fsp3) is 0.333. The normalized spacial score (nSPS) is 9.73. The smallest absolute Gasteiger partial charge is 0.167 e. The number of para-hydroxylation sites is 1. The molecule has 1 aromatic carbocycles. The first kappa shape index (κ1) is 11.4. The highest BCUT2D eigenvalue weighted by Crippen LogP contribution is 2.19. The summed E-state index contributed by atoms with van der Waals surface area (Å²) in [6.45, 7) is 1.48. The van der Waals surface area contributed by atoms with Crippen LogP contribution in [-0.4, -0.2) is 18.7 Å². The van der Waals surface area contributed by atoms with Gasteiger partial charge in [-0.2, -0.15) is 0 Å². The summed E-state index contributed by atoms with van der Waals surface area (Å²) in [6.07, 6.45) is 0.534. The maximum Gasteiger partial charge on any atom is 0.167 e. The van der Waals surface area contributed by atoms with Gasteiger partial charge in [0.15, 0.2) is 5.78 Å². The largest absolute Gasteiger partial charge is 0.496 e. The predicted molar refractivity (Wildman–Crippen MR) is 57.2 cm³/mol. The van der Waals surface area contributed by atoms with E-state index in [0.29, 0.717) is 11.3 Å². The number of ketones is 2. The molecule has 3 nitrogen and oxygen atoms in total. The number of Topliss-reactive ketones (excluding diaryl/α,β-unsaturated/α-hetero) is 2. The molecule has 15 heavy (non-hydrogen) atoms. The highest BCUT2D eigenvalue weighted by atomic mass is 16.5. The number of carbonyl (C=O) groups is 2. The molecule has 0 fully saturated rings. The summed E-state index contributed by atoms with van der Waals surface area (Å²) in [7, 11) is 1.52. The summed E-state index contributed by atoms with van der Waals surface area (Å²) in [4.78, 5) is 22.4. The highest BCUT2D eigenvalue weighted by molar-refractivity contribution is 6.00. The van der Waals surface area contributed by atoms with E-state index in [9.17, 15) is 9.59 Å². The number of hydrogen-bond acceptors (Lipinski definition) is 3. The molecule has 80 valence electrons. The quantitative estimate of drug-likeness (QED) is 0.694. The second-order valence-corrected chi connectivity index (χ2v) is 3.33. The zero-order chi connectivity index (χ0) is 11.3. The summed E-state index contributed by atoms with van der Waals surface area (Å²) in [6, 6.07) is 7.03. The first-order valence-corrected chi connectivity index (χ1v) is 4.81. The minimum absolute atomic E-state index is 0.0262. The van der Waals surface area contributed by atoms with Gasteiger partial charge in [-0.1, -0.05) is 12.1 Å². The number of carbonyl (C=O) groups excluding carboxylic acids is 2. The van der Waals surface area contributed by atoms with E-state index in [1.54, 1.807) is 24.3 Å². The van der Waals surface area contributed by atoms with E-state index in [1.807, 2.05) is 0 Å². The summed E-state index contributed by atoms with van der Waals surface area (Å²) in [5.74, 6) is 0.534. The monoisotopic (exact) mass is 206 g/mol. The van der Waals surface area contributed by atoms with Crippen LogP contribution in [0.2, 0.25) is 0 Å². The van der Waals surface area contributed by atoms with Gasteiger partial charge in [-0.25, -0.2) is 0 Å². The van der Waals surface area contributed by atoms with Gasteiger partial charge in [0, 0.05) is 12.8 Å². The Morgan fingerprint density at radius 2 is 1.87 bits per heavy atom. The highest BCUT2D eigenvalue weighted by Gasteiger charge is 2.11. The Hall–Kier alpha value is -1.64. The predicted octanol–water partition coefficient (Wildman–Crippen LogP) is 2.25. The molecule has 0 atom stereocenters. The number of rotatable bonds is 5. The molecule has 3 heteroatoms. The Bertz CT molecular complexity index is 369. The third-order valence-corrected chi connectivity index (χ3v) is 2.11. The third kappa shape index (κ3) is 3.20. The molecule has 0 N–H and O–H groups in total. The molecule has 1 rings (SSSR count). The van der Waals surface area contributed by atoms with Crippen molar-refractivity contribution in [3.8, 4) is 5.75 Å². The van der Waals surface area contributed by atoms with Crippen molar-refractivity contribution < 1.29 is 14.3 Å². The summed E-state index contributed by atoms with van der Waals surface area (Å²) in [5, 5.41) is 0. The first-order valence-electron chi connectivity index (χ1n) is 4.81. The van der Waals surface area contributed by atoms with E-state index in [4.69, 9.17) is 4.74 Å². The van der Waals surface area contributed by atoms with Gasteiger partial charge in [0.25, 0.3) is 0 Å². The Labute approximate surface area is 89.1 Å². The van der Waals surface area contributed by atoms with Gasteiger partial charge >= 0.3 is 0 Å². The average Bonchev–Trinajstić information content (AvgIpc) is 2.25. The maximum absolute atomic E-state index is 11.7. The fourth-order valence-corrected chi connectivity index (χ4v) is 1.30. The molecule has 0 spiro atoms. The molecule has 0 saturated carbocycles. The van der Waals surface area contributed by atoms with Crippen molar-refractivity contribution in [1.82, 2.24) is 0 Å². The summed E-state index contributed by atoms with van der Waals surface area (Å²) < 4.78 is 5.07. The van der Waals surface area contributed by atoms with Gasteiger partial charge in [0.05, 0.1) is 12.7 Å². The van der Waals surface area contributed by atoms with Crippen molar-refractivity contribution in [3.05, 3.63) is 29.8 Å². The molecule has 0 saturated heterocycles. The lowest BCUT2D eigenvalue weighted by Crippen LogP contribution is -2.04. The molecule has 0 heterocycles. The van der Waals surface area contributed by atoms with Gasteiger partial charge in [-0.3, -0.25) is 4.79 Å². The van der Waals surface area contributed by atoms with Crippen LogP contribution < -0.4 is 4.74 Å². The minimum atomic E-state index is -0.0531. The zero-order valence-corrected chi connectivity index (χ0v) is 8.95. The minimum Gasteiger partial charge on any atom is -0.496 e. The molecule has 0 aliphatic heterocycles. The van der Waals surface area contributed by atoms with Gasteiger partial charge in [0.2, 0.25) is 0 Å². The Morgan fingerprint density at radius 1 is 1.20 bits per heavy atom. The topological polar surface area (TPSA) is 43.4 Å². The molecule has 0 radical (unpaired) electrons. The van der Waals surface area contributed by atoms with Crippen LogP contribution in [0, 0.1) is 0 Å². The molecule has 1 aromatic rings. The van der Waals surface area contributed by atoms with E-state index in [1.165, 1.54) is 14.0 Å². The molecular weight excluding hydrogens is 192 g/mol. The summed E-state index contributed by atoms with van der Waals surface area (Å²) in [5.41, 5.74) is 0.543. The van der Waals surface area contributed by atoms with Crippen LogP contribution in [0.5, 0.6) is 5.75 Å². The van der Waals surface area contributed by atoms with Crippen molar-refractivity contribution in [1.29, 1.82) is 0 Å². The molecule has 0 aromatic heterocycles. The Kier molecular flexibility index (Phi) is 4.03. The molecular formula is C12H14O3. The van der Waals surface area contributed by atoms with Crippen LogP contribution in [0.3, 0.4) is 0 Å². The van der Waals surface area contributed by atoms with Crippen molar-refractivity contribution in [2.24, 2.45) is 0 Å². The second-order valence-electron chi connectivity index (χ2n) is 3.33. The molecule has 0 aliphatic rings. The van der Waals surface area contributed by atoms with Crippen LogP contribution in [0.4, 0.5) is 0 Å². The lowest BCUT2D eigenvalue weighted by molar-refractivity contribution is -0.116. The number of ether oxygens (including phenoxy) is 1. The number of hydrogen-bond donors (Lipinski definition) is 0. The molecule has 0 bridgehead atoms. The van der Waals surface area contributed by atoms with Crippen molar-refractivity contribution in [2.75, 3.05) is 7.11 Å². The second kappa shape index (κ2) is 5.29. The van der Waals surface area contributed by atoms with Crippen LogP contribution in [0.25, 0.3) is 0 Å². The number of methoxy groups -OCH3 is 1. The van der Waals surface area contributed by atoms with Gasteiger partial charge in [-0.05, 0) is 19.1 Å². The van der Waals surface area contributed by atoms with E-state index >= 15 is 0 Å². The Morgan fingerprint density at radius 3 is 2.47 bits per heavy atom. The van der Waals surface area contributed by atoms with Crippen molar-refractivity contribution >= 4 is 11.6 Å². The third-order valence-electron chi connectivity index (χ3n) is 2.11. The van der Waals surface area contributed by atoms with Crippen molar-refractivity contribution in [3.63, 3.8) is 0 Å². The standard InChI is InChI=1S/C12H14O3/c1-9(13)7-8-11(14)10-5-3-4-6-12(10)15-2/h3-6H,7-8H2,1-2H3. The lowest BCUT2D eigenvalue weighted by atomic mass is 10.0. The Balaban J connectivity index is 2.77. The SMILES string of the molecule is COc1ccccc1C(=O)CCC(C)=O. The van der Waals surface area contributed by atoms with Gasteiger partial charge in [-0.15, -0.1) is 0 Å². The van der Waals surface area contributed by atoms with Crippen LogP contribution in [0.15, 0.2) is 24.3 Å². The zero-order valence-electron chi connectivity index (χ0n) is 8.95.